The number of nitro benzene ring substituents is 1. The summed E-state index contributed by atoms with van der Waals surface area (Å²) in [7, 11) is 0. The number of nitro groups is 1. The van der Waals surface area contributed by atoms with E-state index in [-0.39, 0.29) is 30.2 Å². The fourth-order valence-electron chi connectivity index (χ4n) is 2.15. The summed E-state index contributed by atoms with van der Waals surface area (Å²) in [5.41, 5.74) is -0.0467. The molecule has 0 radical (unpaired) electrons. The van der Waals surface area contributed by atoms with Crippen LogP contribution < -0.4 is 0 Å². The average Bonchev–Trinajstić information content (AvgIpc) is 2.34. The lowest BCUT2D eigenvalue weighted by atomic mass is 9.90. The Kier molecular flexibility index (Phi) is 3.28. The Morgan fingerprint density at radius 1 is 1.53 bits per heavy atom. The minimum absolute atomic E-state index is 0.0582. The quantitative estimate of drug-likeness (QED) is 0.662. The van der Waals surface area contributed by atoms with Gasteiger partial charge in [-0.25, -0.2) is 0 Å². The molecular formula is C13H16N2O4. The first kappa shape index (κ1) is 13.5. The highest BCUT2D eigenvalue weighted by Crippen LogP contribution is 2.27. The van der Waals surface area contributed by atoms with Crippen molar-refractivity contribution < 1.29 is 14.8 Å². The molecule has 102 valence electrons. The van der Waals surface area contributed by atoms with Gasteiger partial charge in [0.25, 0.3) is 11.6 Å². The van der Waals surface area contributed by atoms with E-state index in [1.54, 1.807) is 19.1 Å². The van der Waals surface area contributed by atoms with Gasteiger partial charge in [0.15, 0.2) is 0 Å². The molecule has 1 fully saturated rings. The standard InChI is InChI=1S/C13H16N2O4/c1-3-13(17)7-14(8-13)12(16)10-5-4-9(2)11(6-10)15(18)19/h4-6,17H,3,7-8H2,1-2H3. The minimum Gasteiger partial charge on any atom is -0.386 e. The average molecular weight is 264 g/mol. The third-order valence-electron chi connectivity index (χ3n) is 3.57. The number of nitrogens with zero attached hydrogens (tertiary/aromatic N) is 2. The van der Waals surface area contributed by atoms with Gasteiger partial charge in [-0.1, -0.05) is 13.0 Å². The number of rotatable bonds is 3. The second-order valence-electron chi connectivity index (χ2n) is 5.00. The Hall–Kier alpha value is -1.95. The molecule has 0 atom stereocenters. The molecule has 6 nitrogen and oxygen atoms in total. The molecule has 0 bridgehead atoms. The molecule has 1 aromatic carbocycles. The predicted octanol–water partition coefficient (Wildman–Crippen LogP) is 1.50. The number of carbonyl (C=O) groups is 1. The summed E-state index contributed by atoms with van der Waals surface area (Å²) in [4.78, 5) is 24.0. The molecule has 1 amide bonds. The number of benzene rings is 1. The van der Waals surface area contributed by atoms with Crippen LogP contribution in [0.25, 0.3) is 0 Å². The number of carbonyl (C=O) groups excluding carboxylic acids is 1. The van der Waals surface area contributed by atoms with E-state index in [1.165, 1.54) is 11.0 Å². The highest BCUT2D eigenvalue weighted by molar-refractivity contribution is 5.95. The summed E-state index contributed by atoms with van der Waals surface area (Å²) >= 11 is 0. The lowest BCUT2D eigenvalue weighted by Crippen LogP contribution is -2.63. The molecule has 6 heteroatoms. The van der Waals surface area contributed by atoms with Gasteiger partial charge in [0, 0.05) is 17.2 Å². The molecule has 0 spiro atoms. The van der Waals surface area contributed by atoms with Crippen LogP contribution in [0.5, 0.6) is 0 Å². The van der Waals surface area contributed by atoms with Crippen molar-refractivity contribution in [3.8, 4) is 0 Å². The van der Waals surface area contributed by atoms with Gasteiger partial charge >= 0.3 is 0 Å². The van der Waals surface area contributed by atoms with Crippen LogP contribution in [0.1, 0.15) is 29.3 Å². The van der Waals surface area contributed by atoms with E-state index < -0.39 is 10.5 Å². The normalized spacial score (nSPS) is 16.9. The molecular weight excluding hydrogens is 248 g/mol. The third kappa shape index (κ3) is 2.44. The van der Waals surface area contributed by atoms with Crippen LogP contribution in [-0.2, 0) is 0 Å². The van der Waals surface area contributed by atoms with Gasteiger partial charge in [0.2, 0.25) is 0 Å². The van der Waals surface area contributed by atoms with E-state index in [0.29, 0.717) is 12.0 Å². The topological polar surface area (TPSA) is 83.7 Å². The number of β-amino-alcohol motifs (C(OH)–C–C–N with tert-alkyl or cyclic N) is 1. The Morgan fingerprint density at radius 2 is 2.16 bits per heavy atom. The third-order valence-corrected chi connectivity index (χ3v) is 3.57. The number of aliphatic hydroxyl groups is 1. The maximum Gasteiger partial charge on any atom is 0.273 e. The first-order valence-electron chi connectivity index (χ1n) is 6.13. The van der Waals surface area contributed by atoms with E-state index in [2.05, 4.69) is 0 Å². The van der Waals surface area contributed by atoms with E-state index >= 15 is 0 Å². The molecule has 1 aromatic rings. The highest BCUT2D eigenvalue weighted by Gasteiger charge is 2.42. The number of aryl methyl sites for hydroxylation is 1. The monoisotopic (exact) mass is 264 g/mol. The molecule has 19 heavy (non-hydrogen) atoms. The van der Waals surface area contributed by atoms with Crippen molar-refractivity contribution in [3.63, 3.8) is 0 Å². The smallest absolute Gasteiger partial charge is 0.273 e. The van der Waals surface area contributed by atoms with E-state index in [1.807, 2.05) is 6.92 Å². The van der Waals surface area contributed by atoms with Crippen LogP contribution in [-0.4, -0.2) is 39.5 Å². The molecule has 1 heterocycles. The van der Waals surface area contributed by atoms with Gasteiger partial charge in [0.05, 0.1) is 23.6 Å². The molecule has 0 saturated carbocycles. The van der Waals surface area contributed by atoms with Crippen LogP contribution in [0.3, 0.4) is 0 Å². The van der Waals surface area contributed by atoms with Crippen LogP contribution in [0.2, 0.25) is 0 Å². The lowest BCUT2D eigenvalue weighted by molar-refractivity contribution is -0.385. The zero-order valence-corrected chi connectivity index (χ0v) is 10.9. The van der Waals surface area contributed by atoms with Gasteiger partial charge in [0.1, 0.15) is 0 Å². The zero-order chi connectivity index (χ0) is 14.2. The molecule has 0 aliphatic carbocycles. The molecule has 2 rings (SSSR count). The minimum atomic E-state index is -0.799. The van der Waals surface area contributed by atoms with Crippen molar-refractivity contribution >= 4 is 11.6 Å². The van der Waals surface area contributed by atoms with Gasteiger partial charge < -0.3 is 10.0 Å². The fourth-order valence-corrected chi connectivity index (χ4v) is 2.15. The SMILES string of the molecule is CCC1(O)CN(C(=O)c2ccc(C)c([N+](=O)[O-])c2)C1. The summed E-state index contributed by atoms with van der Waals surface area (Å²) < 4.78 is 0. The summed E-state index contributed by atoms with van der Waals surface area (Å²) in [6.45, 7) is 4.05. The zero-order valence-electron chi connectivity index (χ0n) is 10.9. The van der Waals surface area contributed by atoms with Crippen molar-refractivity contribution in [2.24, 2.45) is 0 Å². The van der Waals surface area contributed by atoms with Gasteiger partial charge in [-0.2, -0.15) is 0 Å². The summed E-state index contributed by atoms with van der Waals surface area (Å²) in [5, 5.41) is 20.7. The maximum atomic E-state index is 12.1. The second kappa shape index (κ2) is 4.62. The molecule has 0 unspecified atom stereocenters. The molecule has 1 saturated heterocycles. The van der Waals surface area contributed by atoms with Crippen LogP contribution in [0.4, 0.5) is 5.69 Å². The van der Waals surface area contributed by atoms with Crippen molar-refractivity contribution in [2.75, 3.05) is 13.1 Å². The first-order valence-corrected chi connectivity index (χ1v) is 6.13. The van der Waals surface area contributed by atoms with Gasteiger partial charge in [-0.3, -0.25) is 14.9 Å². The van der Waals surface area contributed by atoms with E-state index in [0.717, 1.165) is 0 Å². The predicted molar refractivity (Wildman–Crippen MR) is 69.0 cm³/mol. The Morgan fingerprint density at radius 3 is 2.68 bits per heavy atom. The fraction of sp³-hybridized carbons (Fsp3) is 0.462. The van der Waals surface area contributed by atoms with Crippen molar-refractivity contribution in [1.29, 1.82) is 0 Å². The lowest BCUT2D eigenvalue weighted by Gasteiger charge is -2.46. The number of amides is 1. The first-order chi connectivity index (χ1) is 8.86. The van der Waals surface area contributed by atoms with Gasteiger partial charge in [-0.15, -0.1) is 0 Å². The Labute approximate surface area is 110 Å². The summed E-state index contributed by atoms with van der Waals surface area (Å²) in [5.74, 6) is -0.277. The maximum absolute atomic E-state index is 12.1. The van der Waals surface area contributed by atoms with Crippen molar-refractivity contribution in [3.05, 3.63) is 39.4 Å². The number of hydrogen-bond donors (Lipinski definition) is 1. The summed E-state index contributed by atoms with van der Waals surface area (Å²) in [6, 6.07) is 4.44. The van der Waals surface area contributed by atoms with Crippen LogP contribution in [0, 0.1) is 17.0 Å². The molecule has 1 aliphatic rings. The Balaban J connectivity index is 2.17. The largest absolute Gasteiger partial charge is 0.386 e. The molecule has 0 aromatic heterocycles. The molecule has 1 N–H and O–H groups in total. The van der Waals surface area contributed by atoms with Crippen molar-refractivity contribution in [2.45, 2.75) is 25.9 Å². The Bertz CT molecular complexity index is 535. The highest BCUT2D eigenvalue weighted by atomic mass is 16.6. The van der Waals surface area contributed by atoms with E-state index in [9.17, 15) is 20.0 Å². The summed E-state index contributed by atoms with van der Waals surface area (Å²) in [6.07, 6.45) is 0.588. The second-order valence-corrected chi connectivity index (χ2v) is 5.00. The van der Waals surface area contributed by atoms with Crippen LogP contribution >= 0.6 is 0 Å². The molecule has 1 aliphatic heterocycles. The van der Waals surface area contributed by atoms with Crippen LogP contribution in [0.15, 0.2) is 18.2 Å². The van der Waals surface area contributed by atoms with E-state index in [4.69, 9.17) is 0 Å². The van der Waals surface area contributed by atoms with Crippen molar-refractivity contribution in [1.82, 2.24) is 4.90 Å². The number of hydrogen-bond acceptors (Lipinski definition) is 4. The van der Waals surface area contributed by atoms with Gasteiger partial charge in [-0.05, 0) is 19.4 Å². The number of likely N-dealkylation sites (tertiary alicyclic amines) is 1.